The first-order chi connectivity index (χ1) is 13.8. The first kappa shape index (κ1) is 16.1. The number of rotatable bonds is 4. The Morgan fingerprint density at radius 3 is 2.82 bits per heavy atom. The lowest BCUT2D eigenvalue weighted by Gasteiger charge is -2.09. The number of nitrogens with zero attached hydrogens (tertiary/aromatic N) is 5. The highest BCUT2D eigenvalue weighted by Crippen LogP contribution is 2.27. The second-order valence-corrected chi connectivity index (χ2v) is 6.18. The van der Waals surface area contributed by atoms with Gasteiger partial charge in [-0.05, 0) is 52.2 Å². The van der Waals surface area contributed by atoms with Crippen LogP contribution in [-0.4, -0.2) is 32.3 Å². The number of aromatic amines is 1. The molecule has 0 bridgehead atoms. The zero-order chi connectivity index (χ0) is 18.9. The van der Waals surface area contributed by atoms with Crippen molar-refractivity contribution in [3.05, 3.63) is 67.3 Å². The van der Waals surface area contributed by atoms with Gasteiger partial charge in [0.1, 0.15) is 18.7 Å². The minimum atomic E-state index is 0.582. The number of hydrogen-bond acceptors (Lipinski definition) is 6. The number of H-pyrrole nitrogens is 1. The number of aromatic nitrogens is 6. The van der Waals surface area contributed by atoms with E-state index >= 15 is 0 Å². The first-order valence-corrected chi connectivity index (χ1v) is 8.69. The summed E-state index contributed by atoms with van der Waals surface area (Å²) in [7, 11) is 1.60. The Hall–Kier alpha value is -4.07. The molecule has 5 aromatic rings. The number of hydrogen-bond donors (Lipinski definition) is 2. The van der Waals surface area contributed by atoms with Crippen LogP contribution in [0.2, 0.25) is 0 Å². The number of benzene rings is 1. The molecule has 0 aliphatic heterocycles. The molecule has 4 heterocycles. The van der Waals surface area contributed by atoms with Gasteiger partial charge in [-0.2, -0.15) is 10.1 Å². The highest BCUT2D eigenvalue weighted by molar-refractivity contribution is 5.90. The van der Waals surface area contributed by atoms with Crippen LogP contribution in [0.4, 0.5) is 11.5 Å². The van der Waals surface area contributed by atoms with E-state index in [-0.39, 0.29) is 0 Å². The lowest BCUT2D eigenvalue weighted by atomic mass is 10.2. The number of fused-ring (bicyclic) bond motifs is 2. The third-order valence-corrected chi connectivity index (χ3v) is 4.46. The van der Waals surface area contributed by atoms with Crippen molar-refractivity contribution in [2.45, 2.75) is 0 Å². The predicted octanol–water partition coefficient (Wildman–Crippen LogP) is 2.66. The molecular formula is C20H16N7O+. The van der Waals surface area contributed by atoms with E-state index in [2.05, 4.69) is 20.5 Å². The molecule has 2 N–H and O–H groups in total. The Bertz CT molecular complexity index is 1280. The molecule has 4 aromatic heterocycles. The molecule has 0 aliphatic carbocycles. The van der Waals surface area contributed by atoms with Crippen LogP contribution in [0.3, 0.4) is 0 Å². The summed E-state index contributed by atoms with van der Waals surface area (Å²) in [4.78, 5) is 19.0. The highest BCUT2D eigenvalue weighted by atomic mass is 16.6. The van der Waals surface area contributed by atoms with E-state index in [1.54, 1.807) is 30.4 Å². The molecule has 0 spiro atoms. The van der Waals surface area contributed by atoms with Crippen LogP contribution in [0.15, 0.2) is 67.3 Å². The quantitative estimate of drug-likeness (QED) is 0.473. The molecule has 0 atom stereocenters. The molecule has 5 rings (SSSR count). The maximum Gasteiger partial charge on any atom is 0.375 e. The van der Waals surface area contributed by atoms with Crippen molar-refractivity contribution in [1.29, 1.82) is 0 Å². The maximum absolute atomic E-state index is 5.44. The van der Waals surface area contributed by atoms with Crippen molar-refractivity contribution in [3.63, 3.8) is 0 Å². The topological polar surface area (TPSA) is 92.5 Å². The molecule has 0 fully saturated rings. The molecule has 0 amide bonds. The normalized spacial score (nSPS) is 11.0. The van der Waals surface area contributed by atoms with Crippen molar-refractivity contribution in [1.82, 2.24) is 25.1 Å². The molecule has 1 aromatic carbocycles. The van der Waals surface area contributed by atoms with E-state index in [4.69, 9.17) is 14.8 Å². The lowest BCUT2D eigenvalue weighted by molar-refractivity contribution is -0.866. The van der Waals surface area contributed by atoms with E-state index in [1.807, 2.05) is 48.7 Å². The highest BCUT2D eigenvalue weighted by Gasteiger charge is 2.20. The Kier molecular flexibility index (Phi) is 3.79. The molecule has 8 heteroatoms. The summed E-state index contributed by atoms with van der Waals surface area (Å²) in [6.07, 6.45) is 7.04. The van der Waals surface area contributed by atoms with Gasteiger partial charge in [0.05, 0.1) is 11.7 Å². The number of anilines is 2. The standard InChI is InChI=1S/C20H15N7O/c1-28-27-10-2-3-16-19(23-15-4-5-17-14(11-15)12-22-26-17)24-18(25-20(16)27)13-6-8-21-9-7-13/h2-12H,1H3,(H,21,22,26)/p+1. The fourth-order valence-electron chi connectivity index (χ4n) is 3.10. The summed E-state index contributed by atoms with van der Waals surface area (Å²) in [6, 6.07) is 13.6. The van der Waals surface area contributed by atoms with Crippen molar-refractivity contribution in [3.8, 4) is 11.4 Å². The van der Waals surface area contributed by atoms with Crippen molar-refractivity contribution in [2.24, 2.45) is 0 Å². The van der Waals surface area contributed by atoms with E-state index < -0.39 is 0 Å². The fourth-order valence-corrected chi connectivity index (χ4v) is 3.10. The fraction of sp³-hybridized carbons (Fsp3) is 0.0500. The Morgan fingerprint density at radius 2 is 1.96 bits per heavy atom. The second-order valence-electron chi connectivity index (χ2n) is 6.18. The van der Waals surface area contributed by atoms with Gasteiger partial charge in [-0.3, -0.25) is 10.1 Å². The Balaban J connectivity index is 1.69. The van der Waals surface area contributed by atoms with E-state index in [0.29, 0.717) is 17.3 Å². The molecule has 0 aliphatic rings. The summed E-state index contributed by atoms with van der Waals surface area (Å²) in [5, 5.41) is 12.3. The molecule has 0 radical (unpaired) electrons. The maximum atomic E-state index is 5.44. The minimum absolute atomic E-state index is 0.582. The van der Waals surface area contributed by atoms with Gasteiger partial charge >= 0.3 is 5.65 Å². The predicted molar refractivity (Wildman–Crippen MR) is 105 cm³/mol. The van der Waals surface area contributed by atoms with Gasteiger partial charge in [0.2, 0.25) is 0 Å². The van der Waals surface area contributed by atoms with Crippen LogP contribution in [0, 0.1) is 0 Å². The first-order valence-electron chi connectivity index (χ1n) is 8.69. The molecule has 0 saturated heterocycles. The van der Waals surface area contributed by atoms with Crippen molar-refractivity contribution in [2.75, 3.05) is 12.4 Å². The van der Waals surface area contributed by atoms with Crippen LogP contribution in [0.1, 0.15) is 0 Å². The van der Waals surface area contributed by atoms with Crippen LogP contribution < -0.4 is 14.9 Å². The average Bonchev–Trinajstić information content (AvgIpc) is 3.22. The summed E-state index contributed by atoms with van der Waals surface area (Å²) in [6.45, 7) is 0. The van der Waals surface area contributed by atoms with Gasteiger partial charge in [0.15, 0.2) is 5.82 Å². The molecule has 8 nitrogen and oxygen atoms in total. The summed E-state index contributed by atoms with van der Waals surface area (Å²) in [5.74, 6) is 1.27. The third kappa shape index (κ3) is 2.77. The monoisotopic (exact) mass is 370 g/mol. The van der Waals surface area contributed by atoms with Gasteiger partial charge in [-0.25, -0.2) is 0 Å². The third-order valence-electron chi connectivity index (χ3n) is 4.46. The van der Waals surface area contributed by atoms with Gasteiger partial charge < -0.3 is 10.2 Å². The van der Waals surface area contributed by atoms with Crippen LogP contribution >= 0.6 is 0 Å². The smallest absolute Gasteiger partial charge is 0.339 e. The number of nitrogens with one attached hydrogen (secondary N) is 2. The lowest BCUT2D eigenvalue weighted by Crippen LogP contribution is -2.41. The summed E-state index contributed by atoms with van der Waals surface area (Å²) >= 11 is 0. The largest absolute Gasteiger partial charge is 0.375 e. The van der Waals surface area contributed by atoms with E-state index in [0.717, 1.165) is 27.5 Å². The van der Waals surface area contributed by atoms with Gasteiger partial charge in [-0.15, -0.1) is 0 Å². The Labute approximate surface area is 159 Å². The molecular weight excluding hydrogens is 354 g/mol. The van der Waals surface area contributed by atoms with Crippen LogP contribution in [-0.2, 0) is 0 Å². The van der Waals surface area contributed by atoms with E-state index in [9.17, 15) is 0 Å². The summed E-state index contributed by atoms with van der Waals surface area (Å²) < 4.78 is 1.62. The van der Waals surface area contributed by atoms with Crippen molar-refractivity contribution < 1.29 is 9.57 Å². The number of pyridine rings is 2. The van der Waals surface area contributed by atoms with Crippen LogP contribution in [0.25, 0.3) is 33.3 Å². The summed E-state index contributed by atoms with van der Waals surface area (Å²) in [5.41, 5.74) is 3.42. The zero-order valence-electron chi connectivity index (χ0n) is 15.0. The molecule has 0 saturated carbocycles. The van der Waals surface area contributed by atoms with Gasteiger partial charge in [0.25, 0.3) is 5.82 Å². The molecule has 0 unspecified atom stereocenters. The molecule has 136 valence electrons. The average molecular weight is 370 g/mol. The Morgan fingerprint density at radius 1 is 1.07 bits per heavy atom. The van der Waals surface area contributed by atoms with E-state index in [1.165, 1.54) is 0 Å². The van der Waals surface area contributed by atoms with Gasteiger partial charge in [-0.1, -0.05) is 0 Å². The van der Waals surface area contributed by atoms with Crippen molar-refractivity contribution >= 4 is 33.4 Å². The minimum Gasteiger partial charge on any atom is -0.339 e. The zero-order valence-corrected chi connectivity index (χ0v) is 15.0. The second kappa shape index (κ2) is 6.58. The SMILES string of the molecule is CO[n+]1cccc2c(Nc3ccc4[nH]ncc4c3)nc(-c3ccncc3)nc21. The molecule has 28 heavy (non-hydrogen) atoms. The van der Waals surface area contributed by atoms with Gasteiger partial charge in [0, 0.05) is 29.0 Å². The van der Waals surface area contributed by atoms with Crippen LogP contribution in [0.5, 0.6) is 0 Å².